The highest BCUT2D eigenvalue weighted by Crippen LogP contribution is 2.34. The third-order valence-electron chi connectivity index (χ3n) is 5.36. The normalized spacial score (nSPS) is 19.4. The van der Waals surface area contributed by atoms with Gasteiger partial charge < -0.3 is 10.2 Å². The molecule has 1 rings (SSSR count). The molecule has 2 atom stereocenters. The van der Waals surface area contributed by atoms with Crippen molar-refractivity contribution < 1.29 is 4.79 Å². The molecule has 1 aliphatic rings. The van der Waals surface area contributed by atoms with Gasteiger partial charge in [-0.05, 0) is 58.5 Å². The zero-order valence-corrected chi connectivity index (χ0v) is 18.1. The molecule has 0 saturated heterocycles. The summed E-state index contributed by atoms with van der Waals surface area (Å²) in [5, 5.41) is 2.97. The Morgan fingerprint density at radius 3 is 2.78 bits per heavy atom. The van der Waals surface area contributed by atoms with E-state index >= 15 is 0 Å². The molecule has 27 heavy (non-hydrogen) atoms. The van der Waals surface area contributed by atoms with Gasteiger partial charge in [-0.2, -0.15) is 0 Å². The second-order valence-corrected chi connectivity index (χ2v) is 8.18. The number of nitrogens with zero attached hydrogens (tertiary/aromatic N) is 1. The molecule has 154 valence electrons. The fourth-order valence-corrected chi connectivity index (χ4v) is 3.63. The minimum absolute atomic E-state index is 0.176. The largest absolute Gasteiger partial charge is 0.355 e. The molecule has 0 aromatic heterocycles. The molecule has 1 aliphatic carbocycles. The summed E-state index contributed by atoms with van der Waals surface area (Å²) in [7, 11) is 4.04. The van der Waals surface area contributed by atoms with Crippen LogP contribution in [-0.2, 0) is 4.79 Å². The number of carbonyl (C=O) groups excluding carboxylic acids is 1. The van der Waals surface area contributed by atoms with E-state index in [1.54, 1.807) is 0 Å². The summed E-state index contributed by atoms with van der Waals surface area (Å²) in [4.78, 5) is 13.8. The van der Waals surface area contributed by atoms with E-state index in [0.717, 1.165) is 44.7 Å². The molecule has 3 nitrogen and oxygen atoms in total. The van der Waals surface area contributed by atoms with E-state index in [1.807, 2.05) is 14.1 Å². The van der Waals surface area contributed by atoms with Crippen molar-refractivity contribution in [2.75, 3.05) is 27.2 Å². The predicted molar refractivity (Wildman–Crippen MR) is 117 cm³/mol. The molecular weight excluding hydrogens is 332 g/mol. The number of hydrogen-bond acceptors (Lipinski definition) is 2. The smallest absolute Gasteiger partial charge is 0.220 e. The lowest BCUT2D eigenvalue weighted by atomic mass is 9.93. The van der Waals surface area contributed by atoms with Crippen LogP contribution >= 0.6 is 0 Å². The molecule has 1 amide bonds. The van der Waals surface area contributed by atoms with Crippen molar-refractivity contribution in [3.63, 3.8) is 0 Å². The van der Waals surface area contributed by atoms with Crippen LogP contribution in [0.15, 0.2) is 12.2 Å². The fraction of sp³-hybridized carbons (Fsp3) is 0.792. The Bertz CT molecular complexity index is 473. The Morgan fingerprint density at radius 2 is 2.00 bits per heavy atom. The van der Waals surface area contributed by atoms with Crippen LogP contribution in [0.1, 0.15) is 84.0 Å². The van der Waals surface area contributed by atoms with Gasteiger partial charge in [0.2, 0.25) is 5.91 Å². The van der Waals surface area contributed by atoms with Gasteiger partial charge in [0.05, 0.1) is 0 Å². The van der Waals surface area contributed by atoms with Crippen molar-refractivity contribution in [1.82, 2.24) is 10.2 Å². The van der Waals surface area contributed by atoms with Crippen LogP contribution < -0.4 is 5.32 Å². The highest BCUT2D eigenvalue weighted by molar-refractivity contribution is 5.75. The second-order valence-electron chi connectivity index (χ2n) is 8.18. The Morgan fingerprint density at radius 1 is 1.15 bits per heavy atom. The van der Waals surface area contributed by atoms with E-state index in [9.17, 15) is 4.79 Å². The summed E-state index contributed by atoms with van der Waals surface area (Å²) in [6, 6.07) is 0. The van der Waals surface area contributed by atoms with Crippen molar-refractivity contribution in [1.29, 1.82) is 0 Å². The van der Waals surface area contributed by atoms with Crippen molar-refractivity contribution >= 4 is 5.91 Å². The summed E-state index contributed by atoms with van der Waals surface area (Å²) in [5.74, 6) is 8.54. The van der Waals surface area contributed by atoms with E-state index in [-0.39, 0.29) is 5.91 Å². The van der Waals surface area contributed by atoms with Crippen LogP contribution in [0.4, 0.5) is 0 Å². The highest BCUT2D eigenvalue weighted by Gasteiger charge is 2.24. The maximum Gasteiger partial charge on any atom is 0.220 e. The molecule has 0 aromatic carbocycles. The first-order valence-corrected chi connectivity index (χ1v) is 11.2. The van der Waals surface area contributed by atoms with Crippen molar-refractivity contribution in [3.05, 3.63) is 12.2 Å². The van der Waals surface area contributed by atoms with E-state index in [0.29, 0.717) is 12.3 Å². The summed E-state index contributed by atoms with van der Waals surface area (Å²) >= 11 is 0. The van der Waals surface area contributed by atoms with Crippen molar-refractivity contribution in [2.24, 2.45) is 11.8 Å². The van der Waals surface area contributed by atoms with E-state index in [4.69, 9.17) is 0 Å². The number of nitrogens with one attached hydrogen (secondary N) is 1. The summed E-state index contributed by atoms with van der Waals surface area (Å²) in [6.45, 7) is 3.89. The van der Waals surface area contributed by atoms with Crippen LogP contribution in [0.5, 0.6) is 0 Å². The monoisotopic (exact) mass is 374 g/mol. The van der Waals surface area contributed by atoms with Gasteiger partial charge in [0.15, 0.2) is 0 Å². The quantitative estimate of drug-likeness (QED) is 0.274. The Balaban J connectivity index is 2.11. The zero-order valence-electron chi connectivity index (χ0n) is 18.1. The molecule has 1 saturated carbocycles. The molecule has 1 N–H and O–H groups in total. The molecule has 1 fully saturated rings. The summed E-state index contributed by atoms with van der Waals surface area (Å²) in [6.07, 6.45) is 18.6. The van der Waals surface area contributed by atoms with Gasteiger partial charge in [-0.3, -0.25) is 4.79 Å². The first kappa shape index (κ1) is 23.8. The Hall–Kier alpha value is -1.27. The van der Waals surface area contributed by atoms with E-state index in [2.05, 4.69) is 41.1 Å². The van der Waals surface area contributed by atoms with Gasteiger partial charge in [0, 0.05) is 31.8 Å². The average Bonchev–Trinajstić information content (AvgIpc) is 3.08. The second kappa shape index (κ2) is 15.8. The molecule has 0 spiro atoms. The van der Waals surface area contributed by atoms with Gasteiger partial charge >= 0.3 is 0 Å². The molecule has 0 radical (unpaired) electrons. The molecule has 3 heteroatoms. The third-order valence-corrected chi connectivity index (χ3v) is 5.36. The van der Waals surface area contributed by atoms with Crippen LogP contribution in [-0.4, -0.2) is 38.0 Å². The minimum atomic E-state index is 0.176. The van der Waals surface area contributed by atoms with Crippen LogP contribution in [0.3, 0.4) is 0 Å². The predicted octanol–water partition coefficient (Wildman–Crippen LogP) is 5.17. The van der Waals surface area contributed by atoms with Crippen LogP contribution in [0, 0.1) is 23.7 Å². The number of allylic oxidation sites excluding steroid dienone is 2. The molecule has 0 aromatic rings. The zero-order chi connectivity index (χ0) is 19.7. The number of hydrogen-bond donors (Lipinski definition) is 1. The number of likely N-dealkylation sites (N-methyl/N-ethyl adjacent to an activating group) is 1. The summed E-state index contributed by atoms with van der Waals surface area (Å²) < 4.78 is 0. The van der Waals surface area contributed by atoms with Crippen LogP contribution in [0.25, 0.3) is 0 Å². The highest BCUT2D eigenvalue weighted by atomic mass is 16.1. The minimum Gasteiger partial charge on any atom is -0.355 e. The number of carbonyl (C=O) groups is 1. The number of rotatable bonds is 13. The molecule has 0 bridgehead atoms. The van der Waals surface area contributed by atoms with Gasteiger partial charge in [-0.15, -0.1) is 5.92 Å². The molecular formula is C24H42N2O. The van der Waals surface area contributed by atoms with Gasteiger partial charge in [-0.25, -0.2) is 0 Å². The van der Waals surface area contributed by atoms with Crippen molar-refractivity contribution in [3.8, 4) is 11.8 Å². The van der Waals surface area contributed by atoms with E-state index in [1.165, 1.54) is 44.9 Å². The number of amides is 1. The van der Waals surface area contributed by atoms with Crippen molar-refractivity contribution in [2.45, 2.75) is 84.0 Å². The Labute approximate surface area is 168 Å². The summed E-state index contributed by atoms with van der Waals surface area (Å²) in [5.41, 5.74) is 0. The topological polar surface area (TPSA) is 32.3 Å². The van der Waals surface area contributed by atoms with Crippen LogP contribution in [0.2, 0.25) is 0 Å². The molecule has 0 heterocycles. The maximum atomic E-state index is 11.7. The third kappa shape index (κ3) is 12.7. The standard InChI is InChI=1S/C24H42N2O/c1-4-5-6-7-8-11-15-22-17-14-18-23(22)16-12-9-10-13-19-24(27)25-20-21-26(2)3/h9,12,22-23H,4-8,10,13-14,16-21H2,1-3H3,(H,25,27)/t22-,23-/m0/s1. The van der Waals surface area contributed by atoms with E-state index < -0.39 is 0 Å². The fourth-order valence-electron chi connectivity index (χ4n) is 3.63. The lowest BCUT2D eigenvalue weighted by molar-refractivity contribution is -0.121. The lowest BCUT2D eigenvalue weighted by Gasteiger charge is -2.11. The van der Waals surface area contributed by atoms with Gasteiger partial charge in [-0.1, -0.05) is 50.7 Å². The van der Waals surface area contributed by atoms with Gasteiger partial charge in [0.1, 0.15) is 0 Å². The Kier molecular flexibility index (Phi) is 13.9. The molecule has 0 unspecified atom stereocenters. The lowest BCUT2D eigenvalue weighted by Crippen LogP contribution is -2.31. The molecule has 0 aliphatic heterocycles. The average molecular weight is 375 g/mol. The van der Waals surface area contributed by atoms with Gasteiger partial charge in [0.25, 0.3) is 0 Å². The number of unbranched alkanes of at least 4 members (excludes halogenated alkanes) is 5. The first-order chi connectivity index (χ1) is 13.1. The SMILES string of the molecule is CCCCCCC#C[C@H]1CCC[C@@H]1CC=CCCCC(=O)NCCN(C)C. The maximum absolute atomic E-state index is 11.7. The first-order valence-electron chi connectivity index (χ1n) is 11.2.